The molecule has 38 heavy (non-hydrogen) atoms. The maximum absolute atomic E-state index is 14.8. The zero-order valence-electron chi connectivity index (χ0n) is 23.8. The summed E-state index contributed by atoms with van der Waals surface area (Å²) in [6, 6.07) is 10.7. The number of rotatable bonds is 11. The van der Waals surface area contributed by atoms with Crippen LogP contribution in [0.5, 0.6) is 5.75 Å². The molecule has 8 nitrogen and oxygen atoms in total. The fourth-order valence-corrected chi connectivity index (χ4v) is 3.08. The van der Waals surface area contributed by atoms with Crippen molar-refractivity contribution in [2.75, 3.05) is 36.7 Å². The van der Waals surface area contributed by atoms with Gasteiger partial charge in [0.05, 0.1) is 30.6 Å². The molecule has 1 amide bonds. The van der Waals surface area contributed by atoms with Crippen LogP contribution in [0.25, 0.3) is 0 Å². The lowest BCUT2D eigenvalue weighted by Gasteiger charge is -2.24. The number of hydrogen-bond donors (Lipinski definition) is 3. The molecule has 0 saturated heterocycles. The number of amides is 1. The smallest absolute Gasteiger partial charge is 0.231 e. The Morgan fingerprint density at radius 2 is 1.79 bits per heavy atom. The van der Waals surface area contributed by atoms with Crippen molar-refractivity contribution in [2.24, 2.45) is 4.99 Å². The molecule has 0 saturated carbocycles. The van der Waals surface area contributed by atoms with Gasteiger partial charge in [-0.25, -0.2) is 9.38 Å². The van der Waals surface area contributed by atoms with E-state index in [0.717, 1.165) is 19.3 Å². The Bertz CT molecular complexity index is 1000. The molecule has 2 aromatic carbocycles. The predicted octanol–water partition coefficient (Wildman–Crippen LogP) is 6.47. The molecule has 2 aromatic rings. The van der Waals surface area contributed by atoms with Gasteiger partial charge in [0.1, 0.15) is 17.9 Å². The van der Waals surface area contributed by atoms with E-state index in [1.54, 1.807) is 30.3 Å². The highest BCUT2D eigenvalue weighted by molar-refractivity contribution is 5.98. The van der Waals surface area contributed by atoms with E-state index in [0.29, 0.717) is 47.3 Å². The number of anilines is 3. The second-order valence-electron chi connectivity index (χ2n) is 8.94. The Hall–Kier alpha value is -3.46. The SMILES string of the molecule is CC.CC(C)N(C)C.CCCCCOc1cc(F)c2c(c1)NC=NC2Nc1ccc(NC(=O)CC=O)cc1. The highest BCUT2D eigenvalue weighted by atomic mass is 19.1. The third-order valence-corrected chi connectivity index (χ3v) is 5.61. The molecule has 0 aliphatic carbocycles. The summed E-state index contributed by atoms with van der Waals surface area (Å²) in [6.45, 7) is 11.0. The van der Waals surface area contributed by atoms with Crippen LogP contribution in [0.4, 0.5) is 21.5 Å². The zero-order chi connectivity index (χ0) is 28.5. The van der Waals surface area contributed by atoms with E-state index < -0.39 is 12.0 Å². The van der Waals surface area contributed by atoms with Gasteiger partial charge in [0, 0.05) is 29.5 Å². The van der Waals surface area contributed by atoms with Crippen molar-refractivity contribution in [3.63, 3.8) is 0 Å². The number of fused-ring (bicyclic) bond motifs is 1. The second-order valence-corrected chi connectivity index (χ2v) is 8.94. The lowest BCUT2D eigenvalue weighted by molar-refractivity contribution is -0.119. The third kappa shape index (κ3) is 11.3. The maximum atomic E-state index is 14.8. The van der Waals surface area contributed by atoms with Crippen molar-refractivity contribution in [3.8, 4) is 5.75 Å². The molecule has 0 fully saturated rings. The van der Waals surface area contributed by atoms with Crippen molar-refractivity contribution >= 4 is 35.6 Å². The van der Waals surface area contributed by atoms with E-state index in [2.05, 4.69) is 60.7 Å². The summed E-state index contributed by atoms with van der Waals surface area (Å²) in [7, 11) is 4.15. The molecule has 3 N–H and O–H groups in total. The summed E-state index contributed by atoms with van der Waals surface area (Å²) in [6.07, 6.45) is 4.38. The standard InChI is InChI=1S/C22H25FN4O3.C5H13N.C2H6/c1-2-3-4-11-30-17-12-18(23)21-19(13-17)24-14-25-22(21)27-16-7-5-15(6-8-16)26-20(29)9-10-28;1-5(2)6(3)4;1-2/h5-8,10,12-14,22,27H,2-4,9,11H2,1H3,(H,24,25)(H,26,29);5H,1-4H3;1-2H3. The van der Waals surface area contributed by atoms with Crippen LogP contribution in [0.2, 0.25) is 0 Å². The van der Waals surface area contributed by atoms with Gasteiger partial charge in [-0.05, 0) is 58.6 Å². The van der Waals surface area contributed by atoms with E-state index in [9.17, 15) is 14.0 Å². The van der Waals surface area contributed by atoms with E-state index in [1.807, 2.05) is 13.8 Å². The maximum Gasteiger partial charge on any atom is 0.231 e. The van der Waals surface area contributed by atoms with Gasteiger partial charge in [0.2, 0.25) is 5.91 Å². The summed E-state index contributed by atoms with van der Waals surface area (Å²) < 4.78 is 20.5. The first-order valence-corrected chi connectivity index (χ1v) is 13.3. The van der Waals surface area contributed by atoms with Gasteiger partial charge in [-0.1, -0.05) is 33.6 Å². The van der Waals surface area contributed by atoms with E-state index >= 15 is 0 Å². The number of halogens is 1. The summed E-state index contributed by atoms with van der Waals surface area (Å²) >= 11 is 0. The van der Waals surface area contributed by atoms with Crippen LogP contribution in [-0.4, -0.2) is 50.2 Å². The van der Waals surface area contributed by atoms with Gasteiger partial charge >= 0.3 is 0 Å². The molecule has 1 heterocycles. The molecule has 0 aromatic heterocycles. The monoisotopic (exact) mass is 529 g/mol. The van der Waals surface area contributed by atoms with Gasteiger partial charge in [-0.3, -0.25) is 4.79 Å². The van der Waals surface area contributed by atoms with Crippen molar-refractivity contribution in [1.29, 1.82) is 0 Å². The van der Waals surface area contributed by atoms with E-state index in [4.69, 9.17) is 4.74 Å². The van der Waals surface area contributed by atoms with Crippen LogP contribution in [0.15, 0.2) is 41.4 Å². The number of carbonyl (C=O) groups is 2. The molecule has 1 aliphatic heterocycles. The second kappa shape index (κ2) is 17.9. The lowest BCUT2D eigenvalue weighted by Crippen LogP contribution is -2.20. The Morgan fingerprint density at radius 1 is 1.16 bits per heavy atom. The topological polar surface area (TPSA) is 95.1 Å². The summed E-state index contributed by atoms with van der Waals surface area (Å²) in [5.74, 6) is -0.297. The van der Waals surface area contributed by atoms with Crippen LogP contribution >= 0.6 is 0 Å². The number of nitrogens with zero attached hydrogens (tertiary/aromatic N) is 2. The van der Waals surface area contributed by atoms with Crippen molar-refractivity contribution < 1.29 is 18.7 Å². The van der Waals surface area contributed by atoms with Gasteiger partial charge in [0.15, 0.2) is 6.17 Å². The number of benzene rings is 2. The molecule has 9 heteroatoms. The number of ether oxygens (including phenoxy) is 1. The summed E-state index contributed by atoms with van der Waals surface area (Å²) in [5.41, 5.74) is 2.28. The van der Waals surface area contributed by atoms with Crippen molar-refractivity contribution in [1.82, 2.24) is 4.90 Å². The largest absolute Gasteiger partial charge is 0.493 e. The molecule has 210 valence electrons. The first-order valence-electron chi connectivity index (χ1n) is 13.3. The van der Waals surface area contributed by atoms with Crippen LogP contribution in [0.3, 0.4) is 0 Å². The van der Waals surface area contributed by atoms with Gasteiger partial charge < -0.3 is 30.4 Å². The molecule has 1 unspecified atom stereocenters. The molecule has 0 spiro atoms. The third-order valence-electron chi connectivity index (χ3n) is 5.61. The van der Waals surface area contributed by atoms with Crippen LogP contribution in [0.1, 0.15) is 72.0 Å². The predicted molar refractivity (Wildman–Crippen MR) is 156 cm³/mol. The zero-order valence-corrected chi connectivity index (χ0v) is 23.8. The van der Waals surface area contributed by atoms with Crippen LogP contribution < -0.4 is 20.7 Å². The normalized spacial score (nSPS) is 13.3. The first-order chi connectivity index (χ1) is 18.2. The molecular formula is C29H44FN5O3. The molecule has 0 bridgehead atoms. The number of aldehydes is 1. The Morgan fingerprint density at radius 3 is 2.37 bits per heavy atom. The Balaban J connectivity index is 0.000000795. The van der Waals surface area contributed by atoms with Gasteiger partial charge in [-0.2, -0.15) is 0 Å². The minimum absolute atomic E-state index is 0.190. The number of unbranched alkanes of at least 4 members (excludes halogenated alkanes) is 2. The first kappa shape index (κ1) is 32.6. The average Bonchev–Trinajstić information content (AvgIpc) is 2.89. The number of aliphatic imine (C=N–C) groups is 1. The Labute approximate surface area is 227 Å². The molecule has 3 rings (SSSR count). The van der Waals surface area contributed by atoms with Gasteiger partial charge in [0.25, 0.3) is 0 Å². The average molecular weight is 530 g/mol. The molecule has 1 aliphatic rings. The summed E-state index contributed by atoms with van der Waals surface area (Å²) in [4.78, 5) is 28.3. The highest BCUT2D eigenvalue weighted by Crippen LogP contribution is 2.35. The number of carbonyl (C=O) groups excluding carboxylic acids is 2. The minimum Gasteiger partial charge on any atom is -0.493 e. The fourth-order valence-electron chi connectivity index (χ4n) is 3.08. The molecule has 0 radical (unpaired) electrons. The van der Waals surface area contributed by atoms with Gasteiger partial charge in [-0.15, -0.1) is 0 Å². The molecule has 1 atom stereocenters. The molecular weight excluding hydrogens is 485 g/mol. The fraction of sp³-hybridized carbons (Fsp3) is 0.483. The number of hydrogen-bond acceptors (Lipinski definition) is 7. The summed E-state index contributed by atoms with van der Waals surface area (Å²) in [5, 5.41) is 8.77. The minimum atomic E-state index is -0.606. The van der Waals surface area contributed by atoms with Crippen LogP contribution in [0, 0.1) is 5.82 Å². The lowest BCUT2D eigenvalue weighted by atomic mass is 10.1. The van der Waals surface area contributed by atoms with E-state index in [1.165, 1.54) is 12.4 Å². The number of nitrogens with one attached hydrogen (secondary N) is 3. The van der Waals surface area contributed by atoms with Crippen LogP contribution in [-0.2, 0) is 9.59 Å². The van der Waals surface area contributed by atoms with Crippen molar-refractivity contribution in [3.05, 3.63) is 47.8 Å². The van der Waals surface area contributed by atoms with Crippen molar-refractivity contribution in [2.45, 2.75) is 72.5 Å². The Kier molecular flexibility index (Phi) is 15.3. The van der Waals surface area contributed by atoms with E-state index in [-0.39, 0.29) is 12.3 Å². The quantitative estimate of drug-likeness (QED) is 0.175. The highest BCUT2D eigenvalue weighted by Gasteiger charge is 2.23.